The van der Waals surface area contributed by atoms with Crippen molar-refractivity contribution >= 4 is 17.8 Å². The Kier molecular flexibility index (Phi) is 6.36. The van der Waals surface area contributed by atoms with Crippen LogP contribution in [0, 0.1) is 0 Å². The fourth-order valence-electron chi connectivity index (χ4n) is 3.36. The van der Waals surface area contributed by atoms with Crippen molar-refractivity contribution < 1.29 is 14.3 Å². The molecule has 5 heteroatoms. The molecule has 0 unspecified atom stereocenters. The van der Waals surface area contributed by atoms with Crippen LogP contribution in [0.15, 0.2) is 30.3 Å². The molecular formula is C20H26N2O3. The lowest BCUT2D eigenvalue weighted by molar-refractivity contribution is -0.145. The van der Waals surface area contributed by atoms with Crippen LogP contribution in [-0.4, -0.2) is 60.9 Å². The number of ketones is 1. The molecule has 2 fully saturated rings. The summed E-state index contributed by atoms with van der Waals surface area (Å²) in [7, 11) is 0. The zero-order valence-corrected chi connectivity index (χ0v) is 14.7. The fraction of sp³-hybridized carbons (Fsp3) is 0.500. The molecule has 2 heterocycles. The minimum atomic E-state index is -0.463. The molecule has 1 aromatic rings. The minimum absolute atomic E-state index is 0.437. The predicted octanol–water partition coefficient (Wildman–Crippen LogP) is 2.11. The highest BCUT2D eigenvalue weighted by Crippen LogP contribution is 2.17. The van der Waals surface area contributed by atoms with Crippen LogP contribution in [0.1, 0.15) is 30.4 Å². The molecule has 0 radical (unpaired) electrons. The number of benzene rings is 1. The summed E-state index contributed by atoms with van der Waals surface area (Å²) in [5.74, 6) is -0.900. The molecule has 0 N–H and O–H groups in total. The number of carbonyl (C=O) groups excluding carboxylic acids is 2. The first kappa shape index (κ1) is 17.8. The van der Waals surface area contributed by atoms with Gasteiger partial charge in [-0.15, -0.1) is 0 Å². The molecule has 25 heavy (non-hydrogen) atoms. The average molecular weight is 342 g/mol. The van der Waals surface area contributed by atoms with Gasteiger partial charge in [-0.05, 0) is 43.1 Å². The van der Waals surface area contributed by atoms with Crippen LogP contribution in [-0.2, 0) is 20.9 Å². The maximum atomic E-state index is 12.2. The number of amides is 1. The Morgan fingerprint density at radius 3 is 2.48 bits per heavy atom. The molecule has 2 aliphatic heterocycles. The number of hydrogen-bond donors (Lipinski definition) is 0. The van der Waals surface area contributed by atoms with Crippen LogP contribution in [0.3, 0.4) is 0 Å². The van der Waals surface area contributed by atoms with E-state index in [1.165, 1.54) is 30.9 Å². The number of ether oxygens (including phenoxy) is 1. The van der Waals surface area contributed by atoms with Gasteiger partial charge in [-0.25, -0.2) is 0 Å². The van der Waals surface area contributed by atoms with Crippen LogP contribution in [0.5, 0.6) is 0 Å². The Bertz CT molecular complexity index is 630. The molecular weight excluding hydrogens is 316 g/mol. The second-order valence-electron chi connectivity index (χ2n) is 6.64. The van der Waals surface area contributed by atoms with Crippen molar-refractivity contribution in [3.05, 3.63) is 41.5 Å². The van der Waals surface area contributed by atoms with Crippen molar-refractivity contribution in [2.45, 2.75) is 25.8 Å². The van der Waals surface area contributed by atoms with Crippen molar-refractivity contribution in [3.8, 4) is 0 Å². The highest BCUT2D eigenvalue weighted by Gasteiger charge is 2.21. The van der Waals surface area contributed by atoms with E-state index in [0.717, 1.165) is 25.2 Å². The van der Waals surface area contributed by atoms with Crippen LogP contribution in [0.4, 0.5) is 0 Å². The Morgan fingerprint density at radius 1 is 1.00 bits per heavy atom. The van der Waals surface area contributed by atoms with E-state index in [1.807, 2.05) is 18.2 Å². The molecule has 0 saturated carbocycles. The first-order chi connectivity index (χ1) is 12.2. The first-order valence-electron chi connectivity index (χ1n) is 9.13. The molecule has 0 atom stereocenters. The lowest BCUT2D eigenvalue weighted by atomic mass is 10.0. The largest absolute Gasteiger partial charge is 0.378 e. The zero-order chi connectivity index (χ0) is 17.5. The van der Waals surface area contributed by atoms with Crippen molar-refractivity contribution in [2.24, 2.45) is 0 Å². The van der Waals surface area contributed by atoms with Gasteiger partial charge in [0, 0.05) is 19.6 Å². The SMILES string of the molecule is O=C(/C=C/c1ccccc1CN1CCCCC1)C(=O)N1CCOCC1. The van der Waals surface area contributed by atoms with E-state index >= 15 is 0 Å². The molecule has 2 saturated heterocycles. The number of likely N-dealkylation sites (tertiary alicyclic amines) is 1. The lowest BCUT2D eigenvalue weighted by Crippen LogP contribution is -2.43. The summed E-state index contributed by atoms with van der Waals surface area (Å²) >= 11 is 0. The van der Waals surface area contributed by atoms with Gasteiger partial charge < -0.3 is 9.64 Å². The molecule has 1 amide bonds. The quantitative estimate of drug-likeness (QED) is 0.607. The van der Waals surface area contributed by atoms with Crippen molar-refractivity contribution in [2.75, 3.05) is 39.4 Å². The van der Waals surface area contributed by atoms with E-state index in [9.17, 15) is 9.59 Å². The standard InChI is InChI=1S/C20H26N2O3/c23-19(20(24)22-12-14-25-15-13-22)9-8-17-6-2-3-7-18(17)16-21-10-4-1-5-11-21/h2-3,6-9H,1,4-5,10-16H2/b9-8+. The number of rotatable bonds is 5. The third-order valence-corrected chi connectivity index (χ3v) is 4.82. The summed E-state index contributed by atoms with van der Waals surface area (Å²) in [5.41, 5.74) is 2.21. The molecule has 0 spiro atoms. The number of morpholine rings is 1. The van der Waals surface area contributed by atoms with Gasteiger partial charge in [0.15, 0.2) is 0 Å². The zero-order valence-electron chi connectivity index (χ0n) is 14.7. The second-order valence-corrected chi connectivity index (χ2v) is 6.64. The topological polar surface area (TPSA) is 49.9 Å². The smallest absolute Gasteiger partial charge is 0.294 e. The van der Waals surface area contributed by atoms with E-state index in [4.69, 9.17) is 4.74 Å². The van der Waals surface area contributed by atoms with Gasteiger partial charge in [-0.1, -0.05) is 36.8 Å². The third kappa shape index (κ3) is 5.00. The van der Waals surface area contributed by atoms with Gasteiger partial charge in [-0.3, -0.25) is 14.5 Å². The molecule has 1 aromatic carbocycles. The number of piperidine rings is 1. The maximum absolute atomic E-state index is 12.2. The van der Waals surface area contributed by atoms with Gasteiger partial charge in [0.1, 0.15) is 0 Å². The van der Waals surface area contributed by atoms with Crippen LogP contribution < -0.4 is 0 Å². The average Bonchev–Trinajstić information content (AvgIpc) is 2.68. The van der Waals surface area contributed by atoms with E-state index in [0.29, 0.717) is 26.3 Å². The first-order valence-corrected chi connectivity index (χ1v) is 9.13. The highest BCUT2D eigenvalue weighted by atomic mass is 16.5. The minimum Gasteiger partial charge on any atom is -0.378 e. The molecule has 2 aliphatic rings. The molecule has 0 aromatic heterocycles. The Hall–Kier alpha value is -1.98. The molecule has 5 nitrogen and oxygen atoms in total. The lowest BCUT2D eigenvalue weighted by Gasteiger charge is -2.27. The molecule has 0 aliphatic carbocycles. The number of carbonyl (C=O) groups is 2. The Morgan fingerprint density at radius 2 is 1.72 bits per heavy atom. The summed E-state index contributed by atoms with van der Waals surface area (Å²) in [6.07, 6.45) is 7.01. The van der Waals surface area contributed by atoms with Crippen molar-refractivity contribution in [1.82, 2.24) is 9.80 Å². The number of hydrogen-bond acceptors (Lipinski definition) is 4. The van der Waals surface area contributed by atoms with Crippen molar-refractivity contribution in [1.29, 1.82) is 0 Å². The van der Waals surface area contributed by atoms with E-state index in [2.05, 4.69) is 11.0 Å². The van der Waals surface area contributed by atoms with Gasteiger partial charge in [0.2, 0.25) is 5.78 Å². The van der Waals surface area contributed by atoms with Gasteiger partial charge >= 0.3 is 0 Å². The Balaban J connectivity index is 1.64. The highest BCUT2D eigenvalue weighted by molar-refractivity contribution is 6.41. The van der Waals surface area contributed by atoms with Crippen LogP contribution in [0.2, 0.25) is 0 Å². The summed E-state index contributed by atoms with van der Waals surface area (Å²) < 4.78 is 5.22. The molecule has 3 rings (SSSR count). The summed E-state index contributed by atoms with van der Waals surface area (Å²) in [5, 5.41) is 0. The summed E-state index contributed by atoms with van der Waals surface area (Å²) in [6.45, 7) is 5.14. The second kappa shape index (κ2) is 8.92. The van der Waals surface area contributed by atoms with Crippen LogP contribution in [0.25, 0.3) is 6.08 Å². The monoisotopic (exact) mass is 342 g/mol. The number of nitrogens with zero attached hydrogens (tertiary/aromatic N) is 2. The molecule has 134 valence electrons. The third-order valence-electron chi connectivity index (χ3n) is 4.82. The van der Waals surface area contributed by atoms with Crippen LogP contribution >= 0.6 is 0 Å². The van der Waals surface area contributed by atoms with Gasteiger partial charge in [0.05, 0.1) is 13.2 Å². The fourth-order valence-corrected chi connectivity index (χ4v) is 3.36. The predicted molar refractivity (Wildman–Crippen MR) is 97.0 cm³/mol. The normalized spacial score (nSPS) is 19.3. The van der Waals surface area contributed by atoms with Crippen molar-refractivity contribution in [3.63, 3.8) is 0 Å². The van der Waals surface area contributed by atoms with E-state index in [1.54, 1.807) is 11.0 Å². The molecule has 0 bridgehead atoms. The maximum Gasteiger partial charge on any atom is 0.294 e. The Labute approximate surface area is 149 Å². The summed E-state index contributed by atoms with van der Waals surface area (Å²) in [4.78, 5) is 28.4. The van der Waals surface area contributed by atoms with E-state index < -0.39 is 11.7 Å². The van der Waals surface area contributed by atoms with Gasteiger partial charge in [-0.2, -0.15) is 0 Å². The summed E-state index contributed by atoms with van der Waals surface area (Å²) in [6, 6.07) is 8.09. The van der Waals surface area contributed by atoms with Gasteiger partial charge in [0.25, 0.3) is 5.91 Å². The van der Waals surface area contributed by atoms with E-state index in [-0.39, 0.29) is 0 Å².